The lowest BCUT2D eigenvalue weighted by Gasteiger charge is -2.06. The topological polar surface area (TPSA) is 59.0 Å². The van der Waals surface area contributed by atoms with Crippen LogP contribution in [0.4, 0.5) is 0 Å². The summed E-state index contributed by atoms with van der Waals surface area (Å²) in [7, 11) is 1.66. The number of carbonyl (C=O) groups is 1. The van der Waals surface area contributed by atoms with Gasteiger partial charge < -0.3 is 15.2 Å². The standard InChI is InChI=1S/C15H22N4O/c1-11(2)18-9-12-10-19(8-6-14(20)16-3)15-13(12)5-4-7-17-15/h4-5,7,10-11,18H,6,8-9H2,1-3H3,(H,16,20). The molecule has 20 heavy (non-hydrogen) atoms. The van der Waals surface area contributed by atoms with Gasteiger partial charge in [-0.3, -0.25) is 4.79 Å². The maximum Gasteiger partial charge on any atom is 0.221 e. The van der Waals surface area contributed by atoms with Gasteiger partial charge in [-0.05, 0) is 17.7 Å². The van der Waals surface area contributed by atoms with Gasteiger partial charge in [0.15, 0.2) is 0 Å². The molecule has 0 aliphatic rings. The third-order valence-electron chi connectivity index (χ3n) is 3.28. The number of fused-ring (bicyclic) bond motifs is 1. The molecule has 0 saturated heterocycles. The molecule has 2 aromatic rings. The van der Waals surface area contributed by atoms with E-state index >= 15 is 0 Å². The van der Waals surface area contributed by atoms with E-state index in [1.54, 1.807) is 13.2 Å². The average Bonchev–Trinajstić information content (AvgIpc) is 2.81. The molecule has 5 heteroatoms. The number of aryl methyl sites for hydroxylation is 1. The van der Waals surface area contributed by atoms with Gasteiger partial charge in [0, 0.05) is 50.4 Å². The lowest BCUT2D eigenvalue weighted by molar-refractivity contribution is -0.120. The second-order valence-electron chi connectivity index (χ2n) is 5.18. The van der Waals surface area contributed by atoms with Crippen LogP contribution in [0.2, 0.25) is 0 Å². The number of hydrogen-bond acceptors (Lipinski definition) is 3. The average molecular weight is 274 g/mol. The first-order valence-electron chi connectivity index (χ1n) is 6.98. The van der Waals surface area contributed by atoms with Gasteiger partial charge in [-0.25, -0.2) is 4.98 Å². The van der Waals surface area contributed by atoms with Gasteiger partial charge in [0.1, 0.15) is 5.65 Å². The van der Waals surface area contributed by atoms with Crippen molar-refractivity contribution in [2.24, 2.45) is 0 Å². The summed E-state index contributed by atoms with van der Waals surface area (Å²) in [6.45, 7) is 5.72. The molecule has 0 saturated carbocycles. The highest BCUT2D eigenvalue weighted by Gasteiger charge is 2.10. The van der Waals surface area contributed by atoms with E-state index in [2.05, 4.69) is 46.3 Å². The summed E-state index contributed by atoms with van der Waals surface area (Å²) in [6.07, 6.45) is 4.35. The van der Waals surface area contributed by atoms with Crippen LogP contribution in [0, 0.1) is 0 Å². The number of aromatic nitrogens is 2. The number of rotatable bonds is 6. The van der Waals surface area contributed by atoms with Gasteiger partial charge in [0.2, 0.25) is 5.91 Å². The zero-order chi connectivity index (χ0) is 14.5. The summed E-state index contributed by atoms with van der Waals surface area (Å²) in [6, 6.07) is 4.47. The van der Waals surface area contributed by atoms with Crippen molar-refractivity contribution in [2.45, 2.75) is 39.4 Å². The highest BCUT2D eigenvalue weighted by Crippen LogP contribution is 2.19. The Morgan fingerprint density at radius 2 is 2.25 bits per heavy atom. The molecule has 108 valence electrons. The molecule has 0 spiro atoms. The molecule has 0 aliphatic heterocycles. The molecule has 0 unspecified atom stereocenters. The van der Waals surface area contributed by atoms with E-state index in [1.165, 1.54) is 5.56 Å². The van der Waals surface area contributed by atoms with Crippen molar-refractivity contribution in [3.8, 4) is 0 Å². The normalized spacial score (nSPS) is 11.2. The Balaban J connectivity index is 2.23. The fourth-order valence-electron chi connectivity index (χ4n) is 2.17. The van der Waals surface area contributed by atoms with Crippen LogP contribution in [0.25, 0.3) is 11.0 Å². The number of nitrogens with one attached hydrogen (secondary N) is 2. The summed E-state index contributed by atoms with van der Waals surface area (Å²) in [5, 5.41) is 7.22. The Hall–Kier alpha value is -1.88. The van der Waals surface area contributed by atoms with Gasteiger partial charge >= 0.3 is 0 Å². The van der Waals surface area contributed by atoms with Crippen LogP contribution >= 0.6 is 0 Å². The minimum Gasteiger partial charge on any atom is -0.359 e. The van der Waals surface area contributed by atoms with Gasteiger partial charge in [0.05, 0.1) is 0 Å². The van der Waals surface area contributed by atoms with E-state index in [9.17, 15) is 4.79 Å². The van der Waals surface area contributed by atoms with Crippen LogP contribution in [-0.4, -0.2) is 28.5 Å². The van der Waals surface area contributed by atoms with Crippen LogP contribution in [0.3, 0.4) is 0 Å². The molecule has 2 heterocycles. The highest BCUT2D eigenvalue weighted by molar-refractivity contribution is 5.81. The number of pyridine rings is 1. The fraction of sp³-hybridized carbons (Fsp3) is 0.467. The monoisotopic (exact) mass is 274 g/mol. The maximum atomic E-state index is 11.4. The Bertz CT molecular complexity index is 589. The third kappa shape index (κ3) is 3.36. The molecular weight excluding hydrogens is 252 g/mol. The van der Waals surface area contributed by atoms with E-state index in [1.807, 2.05) is 6.07 Å². The molecule has 1 amide bonds. The summed E-state index contributed by atoms with van der Waals surface area (Å²) < 4.78 is 2.06. The van der Waals surface area contributed by atoms with Gasteiger partial charge in [-0.2, -0.15) is 0 Å². The van der Waals surface area contributed by atoms with Crippen molar-refractivity contribution in [2.75, 3.05) is 7.05 Å². The van der Waals surface area contributed by atoms with Crippen molar-refractivity contribution in [3.63, 3.8) is 0 Å². The van der Waals surface area contributed by atoms with E-state index in [-0.39, 0.29) is 5.91 Å². The second kappa shape index (κ2) is 6.52. The quantitative estimate of drug-likeness (QED) is 0.842. The molecule has 5 nitrogen and oxygen atoms in total. The van der Waals surface area contributed by atoms with E-state index in [0.717, 1.165) is 17.6 Å². The fourth-order valence-corrected chi connectivity index (χ4v) is 2.17. The number of hydrogen-bond donors (Lipinski definition) is 2. The largest absolute Gasteiger partial charge is 0.359 e. The van der Waals surface area contributed by atoms with Crippen LogP contribution < -0.4 is 10.6 Å². The number of amides is 1. The number of nitrogens with zero attached hydrogens (tertiary/aromatic N) is 2. The summed E-state index contributed by atoms with van der Waals surface area (Å²) in [4.78, 5) is 15.8. The first-order chi connectivity index (χ1) is 9.61. The molecule has 2 rings (SSSR count). The smallest absolute Gasteiger partial charge is 0.221 e. The van der Waals surface area contributed by atoms with Gasteiger partial charge in [-0.15, -0.1) is 0 Å². The Labute approximate surface area is 119 Å². The summed E-state index contributed by atoms with van der Waals surface area (Å²) >= 11 is 0. The van der Waals surface area contributed by atoms with Gasteiger partial charge in [0.25, 0.3) is 0 Å². The predicted molar refractivity (Wildman–Crippen MR) is 80.4 cm³/mol. The van der Waals surface area contributed by atoms with Crippen LogP contribution in [-0.2, 0) is 17.9 Å². The molecule has 0 aromatic carbocycles. The van der Waals surface area contributed by atoms with E-state index < -0.39 is 0 Å². The van der Waals surface area contributed by atoms with Gasteiger partial charge in [-0.1, -0.05) is 13.8 Å². The van der Waals surface area contributed by atoms with Crippen LogP contribution in [0.5, 0.6) is 0 Å². The highest BCUT2D eigenvalue weighted by atomic mass is 16.1. The molecule has 0 atom stereocenters. The molecule has 0 aliphatic carbocycles. The molecule has 0 radical (unpaired) electrons. The lowest BCUT2D eigenvalue weighted by Crippen LogP contribution is -2.21. The summed E-state index contributed by atoms with van der Waals surface area (Å²) in [5.41, 5.74) is 2.16. The van der Waals surface area contributed by atoms with Crippen molar-refractivity contribution >= 4 is 16.9 Å². The first kappa shape index (κ1) is 14.5. The second-order valence-corrected chi connectivity index (χ2v) is 5.18. The van der Waals surface area contributed by atoms with Crippen LogP contribution in [0.1, 0.15) is 25.8 Å². The number of carbonyl (C=O) groups excluding carboxylic acids is 1. The maximum absolute atomic E-state index is 11.4. The zero-order valence-corrected chi connectivity index (χ0v) is 12.3. The first-order valence-corrected chi connectivity index (χ1v) is 6.98. The Morgan fingerprint density at radius 1 is 1.45 bits per heavy atom. The molecule has 0 bridgehead atoms. The predicted octanol–water partition coefficient (Wildman–Crippen LogP) is 1.67. The SMILES string of the molecule is CNC(=O)CCn1cc(CNC(C)C)c2cccnc21. The minimum atomic E-state index is 0.0460. The third-order valence-corrected chi connectivity index (χ3v) is 3.28. The van der Waals surface area contributed by atoms with Crippen molar-refractivity contribution in [3.05, 3.63) is 30.1 Å². The minimum absolute atomic E-state index is 0.0460. The Kier molecular flexibility index (Phi) is 4.74. The summed E-state index contributed by atoms with van der Waals surface area (Å²) in [5.74, 6) is 0.0460. The lowest BCUT2D eigenvalue weighted by atomic mass is 10.2. The van der Waals surface area contributed by atoms with E-state index in [0.29, 0.717) is 19.0 Å². The van der Waals surface area contributed by atoms with E-state index in [4.69, 9.17) is 0 Å². The van der Waals surface area contributed by atoms with Crippen molar-refractivity contribution < 1.29 is 4.79 Å². The zero-order valence-electron chi connectivity index (χ0n) is 12.3. The Morgan fingerprint density at radius 3 is 2.95 bits per heavy atom. The molecule has 2 N–H and O–H groups in total. The van der Waals surface area contributed by atoms with Crippen molar-refractivity contribution in [1.29, 1.82) is 0 Å². The molecular formula is C15H22N4O. The van der Waals surface area contributed by atoms with Crippen LogP contribution in [0.15, 0.2) is 24.5 Å². The van der Waals surface area contributed by atoms with Crippen molar-refractivity contribution in [1.82, 2.24) is 20.2 Å². The molecule has 0 fully saturated rings. The molecule has 2 aromatic heterocycles.